The molecule has 0 aromatic heterocycles. The summed E-state index contributed by atoms with van der Waals surface area (Å²) in [5.74, 6) is 4.53. The van der Waals surface area contributed by atoms with Crippen LogP contribution < -0.4 is 5.32 Å². The van der Waals surface area contributed by atoms with Crippen LogP contribution in [-0.4, -0.2) is 69.6 Å². The van der Waals surface area contributed by atoms with E-state index in [1.165, 1.54) is 71.3 Å². The number of carbonyl (C=O) groups excluding carboxylic acids is 1. The number of hydrogen-bond donors (Lipinski definition) is 1. The van der Waals surface area contributed by atoms with Crippen molar-refractivity contribution in [2.45, 2.75) is 117 Å². The van der Waals surface area contributed by atoms with E-state index in [-0.39, 0.29) is 17.3 Å². The lowest BCUT2D eigenvalue weighted by Gasteiger charge is -2.71. The maximum Gasteiger partial charge on any atom is 0.308 e. The van der Waals surface area contributed by atoms with Gasteiger partial charge in [-0.2, -0.15) is 0 Å². The highest BCUT2D eigenvalue weighted by Gasteiger charge is 2.68. The summed E-state index contributed by atoms with van der Waals surface area (Å²) in [6, 6.07) is 0. The van der Waals surface area contributed by atoms with E-state index < -0.39 is 9.84 Å². The SMILES string of the molecule is COC(=O)C1CC2(C=C(C3=CCC4(C)C(CCC5(C)C4CCC4[C@H]6CCCC6(NCCN6CCS(=O)(=O)CC6)CC[C@]45C)C3C)C2)C1. The minimum absolute atomic E-state index is 0.0194. The minimum atomic E-state index is -2.82. The largest absolute Gasteiger partial charge is 0.469 e. The van der Waals surface area contributed by atoms with Gasteiger partial charge in [0, 0.05) is 31.7 Å². The summed E-state index contributed by atoms with van der Waals surface area (Å²) in [7, 11) is -1.30. The second-order valence-electron chi connectivity index (χ2n) is 18.8. The summed E-state index contributed by atoms with van der Waals surface area (Å²) in [6.45, 7) is 14.1. The maximum absolute atomic E-state index is 12.0. The lowest BCUT2D eigenvalue weighted by atomic mass is 9.34. The first-order chi connectivity index (χ1) is 22.3. The molecule has 7 heteroatoms. The predicted molar refractivity (Wildman–Crippen MR) is 187 cm³/mol. The molecule has 0 aromatic rings. The highest BCUT2D eigenvalue weighted by Crippen LogP contribution is 2.75. The van der Waals surface area contributed by atoms with E-state index in [0.717, 1.165) is 56.0 Å². The summed E-state index contributed by atoms with van der Waals surface area (Å²) in [4.78, 5) is 14.4. The Balaban J connectivity index is 0.960. The van der Waals surface area contributed by atoms with E-state index in [9.17, 15) is 13.2 Å². The fourth-order valence-electron chi connectivity index (χ4n) is 14.4. The first kappa shape index (κ1) is 33.0. The first-order valence-electron chi connectivity index (χ1n) is 19.4. The number of ether oxygens (including phenoxy) is 1. The average Bonchev–Trinajstić information content (AvgIpc) is 3.42. The molecule has 262 valence electrons. The van der Waals surface area contributed by atoms with Crippen molar-refractivity contribution in [3.05, 3.63) is 23.3 Å². The summed E-state index contributed by atoms with van der Waals surface area (Å²) in [6.07, 6.45) is 21.9. The second kappa shape index (κ2) is 11.2. The Bertz CT molecular complexity index is 1450. The van der Waals surface area contributed by atoms with E-state index in [4.69, 9.17) is 4.74 Å². The van der Waals surface area contributed by atoms with Gasteiger partial charge in [-0.05, 0) is 139 Å². The molecule has 7 unspecified atom stereocenters. The van der Waals surface area contributed by atoms with Gasteiger partial charge in [0.15, 0.2) is 9.84 Å². The van der Waals surface area contributed by atoms with Crippen LogP contribution in [0, 0.1) is 57.2 Å². The van der Waals surface area contributed by atoms with Gasteiger partial charge in [-0.25, -0.2) is 8.42 Å². The highest BCUT2D eigenvalue weighted by atomic mass is 32.2. The molecule has 9 atom stereocenters. The molecule has 1 saturated heterocycles. The van der Waals surface area contributed by atoms with E-state index in [1.807, 2.05) is 0 Å². The van der Waals surface area contributed by atoms with Crippen molar-refractivity contribution < 1.29 is 17.9 Å². The number of methoxy groups -OCH3 is 1. The third-order valence-corrected chi connectivity index (χ3v) is 18.7. The monoisotopic (exact) mass is 666 g/mol. The van der Waals surface area contributed by atoms with Gasteiger partial charge in [0.1, 0.15) is 0 Å². The van der Waals surface area contributed by atoms with Crippen molar-refractivity contribution >= 4 is 15.8 Å². The molecular formula is C40H62N2O4S. The molecule has 0 radical (unpaired) electrons. The number of carbonyl (C=O) groups is 1. The van der Waals surface area contributed by atoms with Gasteiger partial charge < -0.3 is 15.0 Å². The van der Waals surface area contributed by atoms with Gasteiger partial charge in [0.05, 0.1) is 24.5 Å². The van der Waals surface area contributed by atoms with E-state index >= 15 is 0 Å². The molecule has 1 heterocycles. The molecule has 0 amide bonds. The zero-order valence-corrected chi connectivity index (χ0v) is 30.9. The van der Waals surface area contributed by atoms with E-state index in [1.54, 1.807) is 11.1 Å². The topological polar surface area (TPSA) is 75.7 Å². The fraction of sp³-hybridized carbons (Fsp3) is 0.875. The minimum Gasteiger partial charge on any atom is -0.469 e. The molecule has 0 bridgehead atoms. The Morgan fingerprint density at radius 3 is 2.43 bits per heavy atom. The molecule has 1 aliphatic heterocycles. The molecule has 8 aliphatic rings. The van der Waals surface area contributed by atoms with Crippen LogP contribution in [0.2, 0.25) is 0 Å². The van der Waals surface area contributed by atoms with Gasteiger partial charge in [-0.3, -0.25) is 4.79 Å². The summed E-state index contributed by atoms with van der Waals surface area (Å²) in [5, 5.41) is 4.18. The Morgan fingerprint density at radius 1 is 0.957 bits per heavy atom. The Kier molecular flexibility index (Phi) is 7.83. The molecule has 8 rings (SSSR count). The molecule has 0 aromatic carbocycles. The highest BCUT2D eigenvalue weighted by molar-refractivity contribution is 7.91. The van der Waals surface area contributed by atoms with Crippen molar-refractivity contribution in [1.82, 2.24) is 10.2 Å². The van der Waals surface area contributed by atoms with Crippen LogP contribution in [0.15, 0.2) is 23.3 Å². The Hall–Kier alpha value is -1.18. The van der Waals surface area contributed by atoms with Crippen LogP contribution in [0.4, 0.5) is 0 Å². The molecule has 6 nitrogen and oxygen atoms in total. The van der Waals surface area contributed by atoms with Gasteiger partial charge in [-0.15, -0.1) is 0 Å². The standard InChI is InChI=1S/C40H62N2O4S/c1-27-30(28-23-39(24-28)25-29(26-39)35(43)46-5)10-13-36(2)31(27)11-14-38(4)34(36)9-8-32-33-7-6-12-40(33,16-15-37(32,38)3)41-17-18-42-19-21-47(44,45)22-20-42/h10,23,27,29,31-34,41H,6-9,11-22,24-26H2,1-5H3/t27?,29?,31?,32?,33-,34?,36?,37-,38?,39?,40?/m1/s1. The summed E-state index contributed by atoms with van der Waals surface area (Å²) in [5.41, 5.74) is 4.98. The van der Waals surface area contributed by atoms with Gasteiger partial charge in [-0.1, -0.05) is 46.3 Å². The van der Waals surface area contributed by atoms with E-state index in [2.05, 4.69) is 50.1 Å². The lowest BCUT2D eigenvalue weighted by molar-refractivity contribution is -0.212. The van der Waals surface area contributed by atoms with Crippen LogP contribution in [0.1, 0.15) is 111 Å². The Labute approximate surface area is 285 Å². The smallest absolute Gasteiger partial charge is 0.308 e. The molecule has 5 saturated carbocycles. The number of sulfone groups is 1. The number of nitrogens with zero attached hydrogens (tertiary/aromatic N) is 1. The molecular weight excluding hydrogens is 605 g/mol. The molecule has 6 fully saturated rings. The number of nitrogens with one attached hydrogen (secondary N) is 1. The fourth-order valence-corrected chi connectivity index (χ4v) is 15.7. The third-order valence-electron chi connectivity index (χ3n) is 17.1. The van der Waals surface area contributed by atoms with Crippen molar-refractivity contribution in [2.75, 3.05) is 44.8 Å². The summed E-state index contributed by atoms with van der Waals surface area (Å²) < 4.78 is 28.9. The maximum atomic E-state index is 12.0. The molecule has 7 aliphatic carbocycles. The number of esters is 1. The first-order valence-corrected chi connectivity index (χ1v) is 21.3. The number of fused-ring (bicyclic) bond motifs is 7. The van der Waals surface area contributed by atoms with Crippen LogP contribution in [0.5, 0.6) is 0 Å². The van der Waals surface area contributed by atoms with E-state index in [0.29, 0.717) is 52.3 Å². The second-order valence-corrected chi connectivity index (χ2v) is 21.1. The summed E-state index contributed by atoms with van der Waals surface area (Å²) >= 11 is 0. The van der Waals surface area contributed by atoms with Crippen LogP contribution in [0.3, 0.4) is 0 Å². The Morgan fingerprint density at radius 2 is 1.70 bits per heavy atom. The quantitative estimate of drug-likeness (QED) is 0.309. The van der Waals surface area contributed by atoms with Crippen molar-refractivity contribution in [1.29, 1.82) is 0 Å². The van der Waals surface area contributed by atoms with Crippen LogP contribution in [-0.2, 0) is 19.4 Å². The van der Waals surface area contributed by atoms with Crippen LogP contribution in [0.25, 0.3) is 0 Å². The zero-order valence-electron chi connectivity index (χ0n) is 30.0. The normalized spacial score (nSPS) is 50.1. The predicted octanol–water partition coefficient (Wildman–Crippen LogP) is 6.96. The van der Waals surface area contributed by atoms with Gasteiger partial charge in [0.25, 0.3) is 0 Å². The average molecular weight is 667 g/mol. The van der Waals surface area contributed by atoms with Gasteiger partial charge >= 0.3 is 5.97 Å². The van der Waals surface area contributed by atoms with Crippen LogP contribution >= 0.6 is 0 Å². The zero-order chi connectivity index (χ0) is 33.0. The molecule has 1 spiro atoms. The molecule has 47 heavy (non-hydrogen) atoms. The third kappa shape index (κ3) is 4.88. The number of hydrogen-bond acceptors (Lipinski definition) is 6. The number of allylic oxidation sites excluding steroid dienone is 4. The van der Waals surface area contributed by atoms with Crippen molar-refractivity contribution in [3.63, 3.8) is 0 Å². The van der Waals surface area contributed by atoms with Gasteiger partial charge in [0.2, 0.25) is 0 Å². The number of rotatable bonds is 6. The van der Waals surface area contributed by atoms with Crippen molar-refractivity contribution in [3.8, 4) is 0 Å². The molecule has 1 N–H and O–H groups in total. The lowest BCUT2D eigenvalue weighted by Crippen LogP contribution is -2.67. The van der Waals surface area contributed by atoms with Crippen molar-refractivity contribution in [2.24, 2.45) is 57.2 Å².